The number of nitrogens with two attached hydrogens (primary N) is 1. The van der Waals surface area contributed by atoms with Crippen LogP contribution in [0.15, 0.2) is 29.2 Å². The van der Waals surface area contributed by atoms with E-state index in [0.717, 1.165) is 12.1 Å². The van der Waals surface area contributed by atoms with Gasteiger partial charge in [0.2, 0.25) is 10.0 Å². The number of alkyl halides is 3. The number of rotatable bonds is 1. The fourth-order valence-electron chi connectivity index (χ4n) is 0.949. The van der Waals surface area contributed by atoms with Gasteiger partial charge in [-0.25, -0.2) is 13.6 Å². The number of hydrogen-bond donors (Lipinski definition) is 2. The Balaban J connectivity index is 0.000000770. The maximum absolute atomic E-state index is 12.3. The van der Waals surface area contributed by atoms with Crippen LogP contribution in [0.5, 0.6) is 0 Å². The SMILES string of the molecule is NS(=O)(=O)c1ccccc1C(F)(F)F.O=CO. The Morgan fingerprint density at radius 3 is 1.94 bits per heavy atom. The Morgan fingerprint density at radius 2 is 1.65 bits per heavy atom. The average Bonchev–Trinajstić information content (AvgIpc) is 2.16. The summed E-state index contributed by atoms with van der Waals surface area (Å²) in [7, 11) is -4.34. The molecule has 0 aliphatic heterocycles. The molecule has 0 saturated carbocycles. The molecule has 96 valence electrons. The summed E-state index contributed by atoms with van der Waals surface area (Å²) in [5, 5.41) is 11.5. The van der Waals surface area contributed by atoms with Crippen LogP contribution < -0.4 is 5.14 Å². The van der Waals surface area contributed by atoms with E-state index in [9.17, 15) is 21.6 Å². The van der Waals surface area contributed by atoms with Crippen LogP contribution in [0.1, 0.15) is 5.56 Å². The maximum Gasteiger partial charge on any atom is 0.417 e. The second-order valence-corrected chi connectivity index (χ2v) is 4.17. The zero-order valence-electron chi connectivity index (χ0n) is 8.18. The number of primary sulfonamides is 1. The number of carbonyl (C=O) groups is 1. The summed E-state index contributed by atoms with van der Waals surface area (Å²) in [5.41, 5.74) is -1.25. The highest BCUT2D eigenvalue weighted by molar-refractivity contribution is 7.89. The lowest BCUT2D eigenvalue weighted by atomic mass is 10.2. The van der Waals surface area contributed by atoms with Gasteiger partial charge in [0.05, 0.1) is 10.5 Å². The molecule has 1 aromatic carbocycles. The summed E-state index contributed by atoms with van der Waals surface area (Å²) in [4.78, 5) is 7.45. The molecule has 0 unspecified atom stereocenters. The van der Waals surface area contributed by atoms with Gasteiger partial charge in [0.15, 0.2) is 0 Å². The third-order valence-corrected chi connectivity index (χ3v) is 2.47. The smallest absolute Gasteiger partial charge is 0.417 e. The van der Waals surface area contributed by atoms with Crippen LogP contribution in [0.2, 0.25) is 0 Å². The van der Waals surface area contributed by atoms with Gasteiger partial charge >= 0.3 is 6.18 Å². The van der Waals surface area contributed by atoms with E-state index in [1.54, 1.807) is 0 Å². The summed E-state index contributed by atoms with van der Waals surface area (Å²) in [5.74, 6) is 0. The third kappa shape index (κ3) is 4.83. The van der Waals surface area contributed by atoms with E-state index in [1.807, 2.05) is 0 Å². The summed E-state index contributed by atoms with van der Waals surface area (Å²) >= 11 is 0. The molecule has 0 aliphatic rings. The summed E-state index contributed by atoms with van der Waals surface area (Å²) in [6, 6.07) is 3.75. The molecule has 9 heteroatoms. The van der Waals surface area contributed by atoms with Crippen LogP contribution in [0, 0.1) is 0 Å². The normalized spacial score (nSPS) is 11.3. The fourth-order valence-corrected chi connectivity index (χ4v) is 1.71. The van der Waals surface area contributed by atoms with Crippen LogP contribution in [0.4, 0.5) is 13.2 Å². The van der Waals surface area contributed by atoms with Gasteiger partial charge < -0.3 is 5.11 Å². The molecule has 0 radical (unpaired) electrons. The Labute approximate surface area is 94.7 Å². The van der Waals surface area contributed by atoms with Crippen molar-refractivity contribution in [2.75, 3.05) is 0 Å². The summed E-state index contributed by atoms with van der Waals surface area (Å²) < 4.78 is 58.3. The molecule has 0 heterocycles. The van der Waals surface area contributed by atoms with Crippen molar-refractivity contribution in [1.82, 2.24) is 0 Å². The van der Waals surface area contributed by atoms with Crippen LogP contribution in [0.25, 0.3) is 0 Å². The predicted molar refractivity (Wildman–Crippen MR) is 51.5 cm³/mol. The van der Waals surface area contributed by atoms with Gasteiger partial charge in [0.25, 0.3) is 6.47 Å². The number of carboxylic acid groups (broad SMARTS) is 1. The second-order valence-electron chi connectivity index (χ2n) is 2.64. The Hall–Kier alpha value is -1.61. The van der Waals surface area contributed by atoms with Crippen molar-refractivity contribution < 1.29 is 31.5 Å². The van der Waals surface area contributed by atoms with Crippen molar-refractivity contribution >= 4 is 16.5 Å². The molecule has 0 saturated heterocycles. The van der Waals surface area contributed by atoms with Gasteiger partial charge in [-0.15, -0.1) is 0 Å². The lowest BCUT2D eigenvalue weighted by Crippen LogP contribution is -2.18. The van der Waals surface area contributed by atoms with Crippen LogP contribution >= 0.6 is 0 Å². The standard InChI is InChI=1S/C7H6F3NO2S.CH2O2/c8-7(9,10)5-3-1-2-4-6(5)14(11,12)13;2-1-3/h1-4H,(H2,11,12,13);1H,(H,2,3). The minimum atomic E-state index is -4.72. The first-order valence-corrected chi connectivity index (χ1v) is 5.46. The van der Waals surface area contributed by atoms with E-state index >= 15 is 0 Å². The largest absolute Gasteiger partial charge is 0.483 e. The molecular weight excluding hydrogens is 263 g/mol. The zero-order chi connectivity index (χ0) is 13.7. The van der Waals surface area contributed by atoms with Gasteiger partial charge in [-0.05, 0) is 12.1 Å². The lowest BCUT2D eigenvalue weighted by molar-refractivity contribution is -0.139. The van der Waals surface area contributed by atoms with Crippen molar-refractivity contribution in [1.29, 1.82) is 0 Å². The van der Waals surface area contributed by atoms with Gasteiger partial charge in [0.1, 0.15) is 0 Å². The van der Waals surface area contributed by atoms with Crippen molar-refractivity contribution in [3.8, 4) is 0 Å². The summed E-state index contributed by atoms with van der Waals surface area (Å²) in [6.07, 6.45) is -4.72. The first-order chi connectivity index (χ1) is 7.64. The minimum Gasteiger partial charge on any atom is -0.483 e. The van der Waals surface area contributed by atoms with E-state index in [0.29, 0.717) is 6.07 Å². The van der Waals surface area contributed by atoms with Gasteiger partial charge in [-0.1, -0.05) is 12.1 Å². The molecule has 0 aromatic heterocycles. The van der Waals surface area contributed by atoms with E-state index in [1.165, 1.54) is 6.07 Å². The highest BCUT2D eigenvalue weighted by atomic mass is 32.2. The Kier molecular flexibility index (Phi) is 5.10. The molecule has 0 spiro atoms. The Morgan fingerprint density at radius 1 is 1.24 bits per heavy atom. The molecule has 0 atom stereocenters. The topological polar surface area (TPSA) is 97.5 Å². The first-order valence-electron chi connectivity index (χ1n) is 3.91. The average molecular weight is 271 g/mol. The van der Waals surface area contributed by atoms with E-state index in [-0.39, 0.29) is 6.47 Å². The van der Waals surface area contributed by atoms with Crippen molar-refractivity contribution in [2.24, 2.45) is 5.14 Å². The quantitative estimate of drug-likeness (QED) is 0.746. The van der Waals surface area contributed by atoms with E-state index in [2.05, 4.69) is 5.14 Å². The molecule has 1 aromatic rings. The van der Waals surface area contributed by atoms with Crippen molar-refractivity contribution in [2.45, 2.75) is 11.1 Å². The molecular formula is C8H8F3NO4S. The van der Waals surface area contributed by atoms with Gasteiger partial charge in [-0.3, -0.25) is 4.79 Å². The van der Waals surface area contributed by atoms with Gasteiger partial charge in [0, 0.05) is 0 Å². The lowest BCUT2D eigenvalue weighted by Gasteiger charge is -2.10. The second kappa shape index (κ2) is 5.64. The number of hydrogen-bond acceptors (Lipinski definition) is 3. The van der Waals surface area contributed by atoms with E-state index < -0.39 is 26.7 Å². The highest BCUT2D eigenvalue weighted by Crippen LogP contribution is 2.33. The van der Waals surface area contributed by atoms with Crippen LogP contribution in [-0.4, -0.2) is 20.0 Å². The molecule has 3 N–H and O–H groups in total. The molecule has 17 heavy (non-hydrogen) atoms. The van der Waals surface area contributed by atoms with Crippen molar-refractivity contribution in [3.63, 3.8) is 0 Å². The number of benzene rings is 1. The van der Waals surface area contributed by atoms with Crippen LogP contribution in [-0.2, 0) is 21.0 Å². The maximum atomic E-state index is 12.3. The van der Waals surface area contributed by atoms with Crippen LogP contribution in [0.3, 0.4) is 0 Å². The Bertz CT molecular complexity index is 484. The summed E-state index contributed by atoms with van der Waals surface area (Å²) in [6.45, 7) is -0.250. The molecule has 1 rings (SSSR count). The molecule has 0 bridgehead atoms. The molecule has 0 fully saturated rings. The predicted octanol–water partition coefficient (Wildman–Crippen LogP) is 1.05. The number of sulfonamides is 1. The number of halogens is 3. The third-order valence-electron chi connectivity index (χ3n) is 1.50. The molecule has 0 aliphatic carbocycles. The fraction of sp³-hybridized carbons (Fsp3) is 0.125. The first kappa shape index (κ1) is 15.4. The monoisotopic (exact) mass is 271 g/mol. The highest BCUT2D eigenvalue weighted by Gasteiger charge is 2.35. The zero-order valence-corrected chi connectivity index (χ0v) is 8.99. The van der Waals surface area contributed by atoms with Gasteiger partial charge in [-0.2, -0.15) is 13.2 Å². The van der Waals surface area contributed by atoms with E-state index in [4.69, 9.17) is 9.90 Å². The minimum absolute atomic E-state index is 0.250. The molecule has 5 nitrogen and oxygen atoms in total. The van der Waals surface area contributed by atoms with Crippen molar-refractivity contribution in [3.05, 3.63) is 29.8 Å². The molecule has 0 amide bonds.